The molecule has 302 valence electrons. The standard InChI is InChI=1S/C48H98O2/c1-7-13-17-21-25-29-33-37-43-47(41-11-5,44-38-34-30-26-22-18-14-8-2)49-50-48(42-12-6,45-39-35-31-27-23-19-15-9-3)46-40-36-32-28-24-20-16-10-4/h7-46H2,1-6H3. The van der Waals surface area contributed by atoms with Crippen LogP contribution < -0.4 is 0 Å². The molecular formula is C48H98O2. The van der Waals surface area contributed by atoms with E-state index in [2.05, 4.69) is 41.5 Å². The van der Waals surface area contributed by atoms with Crippen molar-refractivity contribution in [1.82, 2.24) is 0 Å². The predicted molar refractivity (Wildman–Crippen MR) is 226 cm³/mol. The van der Waals surface area contributed by atoms with Crippen molar-refractivity contribution >= 4 is 0 Å². The molecule has 0 aliphatic heterocycles. The average molecular weight is 707 g/mol. The third-order valence-corrected chi connectivity index (χ3v) is 11.8. The summed E-state index contributed by atoms with van der Waals surface area (Å²) in [5.41, 5.74) is -0.201. The van der Waals surface area contributed by atoms with Crippen LogP contribution in [0.1, 0.15) is 298 Å². The molecule has 2 heteroatoms. The van der Waals surface area contributed by atoms with Gasteiger partial charge in [0.15, 0.2) is 0 Å². The van der Waals surface area contributed by atoms with Crippen molar-refractivity contribution in [2.75, 3.05) is 0 Å². The van der Waals surface area contributed by atoms with Crippen molar-refractivity contribution in [2.24, 2.45) is 0 Å². The summed E-state index contributed by atoms with van der Waals surface area (Å²) in [7, 11) is 0. The normalized spacial score (nSPS) is 12.4. The van der Waals surface area contributed by atoms with Gasteiger partial charge in [-0.3, -0.25) is 0 Å². The second-order valence-electron chi connectivity index (χ2n) is 16.9. The number of hydrogen-bond acceptors (Lipinski definition) is 2. The van der Waals surface area contributed by atoms with Crippen molar-refractivity contribution < 1.29 is 9.78 Å². The van der Waals surface area contributed by atoms with Gasteiger partial charge in [-0.05, 0) is 38.5 Å². The summed E-state index contributed by atoms with van der Waals surface area (Å²) in [4.78, 5) is 14.1. The van der Waals surface area contributed by atoms with Crippen molar-refractivity contribution in [3.63, 3.8) is 0 Å². The fourth-order valence-corrected chi connectivity index (χ4v) is 8.41. The lowest BCUT2D eigenvalue weighted by molar-refractivity contribution is -0.422. The third kappa shape index (κ3) is 30.4. The van der Waals surface area contributed by atoms with E-state index in [1.165, 1.54) is 244 Å². The van der Waals surface area contributed by atoms with Gasteiger partial charge < -0.3 is 0 Å². The Morgan fingerprint density at radius 3 is 0.560 bits per heavy atom. The molecule has 0 aromatic carbocycles. The quantitative estimate of drug-likeness (QED) is 0.0357. The van der Waals surface area contributed by atoms with Crippen LogP contribution in [0.5, 0.6) is 0 Å². The summed E-state index contributed by atoms with van der Waals surface area (Å²) in [6, 6.07) is 0. The largest absolute Gasteiger partial charge is 0.229 e. The molecule has 0 rings (SSSR count). The molecule has 0 N–H and O–H groups in total. The maximum Gasteiger partial charge on any atom is 0.104 e. The molecule has 0 spiro atoms. The summed E-state index contributed by atoms with van der Waals surface area (Å²) >= 11 is 0. The zero-order chi connectivity index (χ0) is 36.7. The average Bonchev–Trinajstić information content (AvgIpc) is 3.12. The minimum absolute atomic E-state index is 0.100. The zero-order valence-electron chi connectivity index (χ0n) is 36.1. The summed E-state index contributed by atoms with van der Waals surface area (Å²) in [5.74, 6) is 0. The van der Waals surface area contributed by atoms with Crippen LogP contribution in [0.3, 0.4) is 0 Å². The van der Waals surface area contributed by atoms with E-state index in [-0.39, 0.29) is 11.2 Å². The minimum Gasteiger partial charge on any atom is -0.229 e. The highest BCUT2D eigenvalue weighted by Gasteiger charge is 2.37. The topological polar surface area (TPSA) is 18.5 Å². The summed E-state index contributed by atoms with van der Waals surface area (Å²) in [6.45, 7) is 14.0. The van der Waals surface area contributed by atoms with Crippen LogP contribution in [0.25, 0.3) is 0 Å². The van der Waals surface area contributed by atoms with Gasteiger partial charge >= 0.3 is 0 Å². The lowest BCUT2D eigenvalue weighted by atomic mass is 9.85. The fourth-order valence-electron chi connectivity index (χ4n) is 8.41. The second-order valence-corrected chi connectivity index (χ2v) is 16.9. The summed E-state index contributed by atoms with van der Waals surface area (Å²) in [5, 5.41) is 0. The van der Waals surface area contributed by atoms with E-state index in [0.717, 1.165) is 12.8 Å². The fraction of sp³-hybridized carbons (Fsp3) is 1.00. The molecule has 0 aromatic heterocycles. The first-order valence-corrected chi connectivity index (χ1v) is 23.9. The van der Waals surface area contributed by atoms with E-state index in [1.807, 2.05) is 0 Å². The molecule has 0 amide bonds. The SMILES string of the molecule is CCCCCCCCCCC(CCC)(CCCCCCCCCC)OOC(CCC)(CCCCCCCCCC)CCCCCCCCCC. The van der Waals surface area contributed by atoms with Gasteiger partial charge in [0.05, 0.1) is 0 Å². The highest BCUT2D eigenvalue weighted by molar-refractivity contribution is 4.83. The molecule has 0 aromatic rings. The molecule has 0 unspecified atom stereocenters. The van der Waals surface area contributed by atoms with Crippen LogP contribution in [0, 0.1) is 0 Å². The Kier molecular flexibility index (Phi) is 38.6. The molecule has 0 saturated heterocycles. The van der Waals surface area contributed by atoms with Gasteiger partial charge in [-0.25, -0.2) is 9.78 Å². The highest BCUT2D eigenvalue weighted by atomic mass is 17.2. The molecule has 0 bridgehead atoms. The van der Waals surface area contributed by atoms with Crippen molar-refractivity contribution in [3.8, 4) is 0 Å². The first kappa shape index (κ1) is 49.9. The molecule has 50 heavy (non-hydrogen) atoms. The Balaban J connectivity index is 5.54. The Hall–Kier alpha value is -0.0800. The molecule has 0 atom stereocenters. The first-order chi connectivity index (χ1) is 24.6. The molecule has 0 saturated carbocycles. The van der Waals surface area contributed by atoms with Crippen LogP contribution in [0.15, 0.2) is 0 Å². The predicted octanol–water partition coefficient (Wildman–Crippen LogP) is 18.1. The Bertz CT molecular complexity index is 536. The van der Waals surface area contributed by atoms with Gasteiger partial charge in [0, 0.05) is 0 Å². The summed E-state index contributed by atoms with van der Waals surface area (Å²) < 4.78 is 0. The maximum absolute atomic E-state index is 7.05. The molecule has 0 fully saturated rings. The van der Waals surface area contributed by atoms with E-state index in [9.17, 15) is 0 Å². The molecule has 0 aliphatic carbocycles. The highest BCUT2D eigenvalue weighted by Crippen LogP contribution is 2.38. The Morgan fingerprint density at radius 2 is 0.380 bits per heavy atom. The zero-order valence-corrected chi connectivity index (χ0v) is 36.1. The molecule has 0 aliphatic rings. The van der Waals surface area contributed by atoms with E-state index in [0.29, 0.717) is 0 Å². The smallest absolute Gasteiger partial charge is 0.104 e. The van der Waals surface area contributed by atoms with Gasteiger partial charge in [0.2, 0.25) is 0 Å². The van der Waals surface area contributed by atoms with Gasteiger partial charge in [-0.2, -0.15) is 0 Å². The number of hydrogen-bond donors (Lipinski definition) is 0. The van der Waals surface area contributed by atoms with Crippen LogP contribution >= 0.6 is 0 Å². The molecule has 0 radical (unpaired) electrons. The van der Waals surface area contributed by atoms with Crippen molar-refractivity contribution in [2.45, 2.75) is 310 Å². The van der Waals surface area contributed by atoms with Crippen LogP contribution in [-0.4, -0.2) is 11.2 Å². The molecular weight excluding hydrogens is 609 g/mol. The Morgan fingerprint density at radius 1 is 0.200 bits per heavy atom. The minimum atomic E-state index is -0.100. The van der Waals surface area contributed by atoms with E-state index in [4.69, 9.17) is 9.78 Å². The monoisotopic (exact) mass is 707 g/mol. The van der Waals surface area contributed by atoms with Crippen LogP contribution in [-0.2, 0) is 9.78 Å². The lowest BCUT2D eigenvalue weighted by Gasteiger charge is -2.39. The lowest BCUT2D eigenvalue weighted by Crippen LogP contribution is -2.40. The first-order valence-electron chi connectivity index (χ1n) is 23.9. The van der Waals surface area contributed by atoms with E-state index < -0.39 is 0 Å². The van der Waals surface area contributed by atoms with E-state index in [1.54, 1.807) is 0 Å². The number of unbranched alkanes of at least 4 members (excludes halogenated alkanes) is 28. The van der Waals surface area contributed by atoms with Gasteiger partial charge in [-0.1, -0.05) is 260 Å². The van der Waals surface area contributed by atoms with Crippen molar-refractivity contribution in [3.05, 3.63) is 0 Å². The molecule has 2 nitrogen and oxygen atoms in total. The summed E-state index contributed by atoms with van der Waals surface area (Å²) in [6.07, 6.45) is 53.6. The Labute approximate surface area is 318 Å². The van der Waals surface area contributed by atoms with Gasteiger partial charge in [-0.15, -0.1) is 0 Å². The van der Waals surface area contributed by atoms with Crippen molar-refractivity contribution in [1.29, 1.82) is 0 Å². The number of rotatable bonds is 43. The third-order valence-electron chi connectivity index (χ3n) is 11.8. The molecule has 0 heterocycles. The van der Waals surface area contributed by atoms with Gasteiger partial charge in [0.25, 0.3) is 0 Å². The van der Waals surface area contributed by atoms with Gasteiger partial charge in [0.1, 0.15) is 11.2 Å². The van der Waals surface area contributed by atoms with E-state index >= 15 is 0 Å². The second kappa shape index (κ2) is 38.6. The van der Waals surface area contributed by atoms with Crippen LogP contribution in [0.4, 0.5) is 0 Å². The van der Waals surface area contributed by atoms with Crippen LogP contribution in [0.2, 0.25) is 0 Å². The maximum atomic E-state index is 7.05.